The van der Waals surface area contributed by atoms with Crippen molar-refractivity contribution in [3.8, 4) is 0 Å². The SMILES string of the molecule is CN=C(NCC1CCN(C2CC2)C1)NCC(c1ccc(F)cc1)N1CCOCC1. The summed E-state index contributed by atoms with van der Waals surface area (Å²) in [5, 5.41) is 7.02. The zero-order chi connectivity index (χ0) is 20.1. The molecular weight excluding hydrogens is 369 g/mol. The highest BCUT2D eigenvalue weighted by molar-refractivity contribution is 5.79. The van der Waals surface area contributed by atoms with Crippen molar-refractivity contribution in [1.82, 2.24) is 20.4 Å². The molecule has 0 radical (unpaired) electrons. The van der Waals surface area contributed by atoms with Gasteiger partial charge in [0.25, 0.3) is 0 Å². The third-order valence-corrected chi connectivity index (χ3v) is 6.37. The van der Waals surface area contributed by atoms with Crippen LogP contribution >= 0.6 is 0 Å². The minimum atomic E-state index is -0.197. The number of rotatable bonds is 7. The summed E-state index contributed by atoms with van der Waals surface area (Å²) in [5.74, 6) is 1.34. The molecule has 29 heavy (non-hydrogen) atoms. The molecular formula is C22H34FN5O. The van der Waals surface area contributed by atoms with E-state index >= 15 is 0 Å². The fraction of sp³-hybridized carbons (Fsp3) is 0.682. The third-order valence-electron chi connectivity index (χ3n) is 6.37. The molecule has 7 heteroatoms. The average molecular weight is 404 g/mol. The van der Waals surface area contributed by atoms with E-state index in [0.29, 0.717) is 5.92 Å². The van der Waals surface area contributed by atoms with Gasteiger partial charge in [0.2, 0.25) is 0 Å². The normalized spacial score (nSPS) is 25.2. The van der Waals surface area contributed by atoms with Crippen LogP contribution in [0.25, 0.3) is 0 Å². The van der Waals surface area contributed by atoms with Crippen molar-refractivity contribution >= 4 is 5.96 Å². The lowest BCUT2D eigenvalue weighted by molar-refractivity contribution is 0.0170. The number of nitrogens with one attached hydrogen (secondary N) is 2. The highest BCUT2D eigenvalue weighted by Gasteiger charge is 2.34. The lowest BCUT2D eigenvalue weighted by atomic mass is 10.0. The zero-order valence-corrected chi connectivity index (χ0v) is 17.4. The number of morpholine rings is 1. The van der Waals surface area contributed by atoms with Crippen LogP contribution in [-0.4, -0.2) is 81.3 Å². The van der Waals surface area contributed by atoms with E-state index in [1.165, 1.54) is 32.4 Å². The molecule has 1 aliphatic carbocycles. The van der Waals surface area contributed by atoms with Gasteiger partial charge in [0, 0.05) is 45.8 Å². The monoisotopic (exact) mass is 403 g/mol. The van der Waals surface area contributed by atoms with Gasteiger partial charge < -0.3 is 20.3 Å². The first-order valence-electron chi connectivity index (χ1n) is 11.0. The van der Waals surface area contributed by atoms with Crippen LogP contribution in [0.3, 0.4) is 0 Å². The van der Waals surface area contributed by atoms with E-state index in [-0.39, 0.29) is 11.9 Å². The van der Waals surface area contributed by atoms with Crippen molar-refractivity contribution in [2.75, 3.05) is 59.5 Å². The summed E-state index contributed by atoms with van der Waals surface area (Å²) < 4.78 is 18.9. The number of halogens is 1. The molecule has 0 aromatic heterocycles. The molecule has 0 spiro atoms. The van der Waals surface area contributed by atoms with Gasteiger partial charge in [-0.3, -0.25) is 9.89 Å². The summed E-state index contributed by atoms with van der Waals surface area (Å²) in [4.78, 5) is 9.47. The predicted octanol–water partition coefficient (Wildman–Crippen LogP) is 1.85. The van der Waals surface area contributed by atoms with E-state index in [1.54, 1.807) is 12.1 Å². The summed E-state index contributed by atoms with van der Waals surface area (Å²) in [6, 6.07) is 7.89. The van der Waals surface area contributed by atoms with Crippen molar-refractivity contribution in [2.24, 2.45) is 10.9 Å². The summed E-state index contributed by atoms with van der Waals surface area (Å²) in [7, 11) is 1.82. The van der Waals surface area contributed by atoms with E-state index < -0.39 is 0 Å². The van der Waals surface area contributed by atoms with Crippen molar-refractivity contribution in [3.63, 3.8) is 0 Å². The minimum absolute atomic E-state index is 0.162. The Bertz CT molecular complexity index is 672. The molecule has 2 saturated heterocycles. The molecule has 2 unspecified atom stereocenters. The first-order chi connectivity index (χ1) is 14.2. The van der Waals surface area contributed by atoms with Gasteiger partial charge in [-0.25, -0.2) is 4.39 Å². The maximum atomic E-state index is 13.4. The molecule has 0 amide bonds. The summed E-state index contributed by atoms with van der Waals surface area (Å²) in [6.45, 7) is 7.39. The number of guanidine groups is 1. The fourth-order valence-electron chi connectivity index (χ4n) is 4.49. The topological polar surface area (TPSA) is 52.1 Å². The summed E-state index contributed by atoms with van der Waals surface area (Å²) in [5.41, 5.74) is 1.12. The molecule has 2 N–H and O–H groups in total. The Labute approximate surface area is 173 Å². The Balaban J connectivity index is 1.30. The van der Waals surface area contributed by atoms with Crippen LogP contribution in [0.2, 0.25) is 0 Å². The number of nitrogens with zero attached hydrogens (tertiary/aromatic N) is 3. The van der Waals surface area contributed by atoms with E-state index in [9.17, 15) is 4.39 Å². The number of likely N-dealkylation sites (tertiary alicyclic amines) is 1. The minimum Gasteiger partial charge on any atom is -0.379 e. The molecule has 160 valence electrons. The van der Waals surface area contributed by atoms with Gasteiger partial charge in [0.15, 0.2) is 5.96 Å². The van der Waals surface area contributed by atoms with Gasteiger partial charge in [-0.05, 0) is 49.4 Å². The van der Waals surface area contributed by atoms with Crippen molar-refractivity contribution in [3.05, 3.63) is 35.6 Å². The Morgan fingerprint density at radius 1 is 1.14 bits per heavy atom. The largest absolute Gasteiger partial charge is 0.379 e. The quantitative estimate of drug-likeness (QED) is 0.538. The van der Waals surface area contributed by atoms with Crippen LogP contribution in [0.5, 0.6) is 0 Å². The molecule has 1 aromatic rings. The molecule has 2 atom stereocenters. The first kappa shape index (κ1) is 20.6. The third kappa shape index (κ3) is 5.68. The van der Waals surface area contributed by atoms with Crippen molar-refractivity contribution in [2.45, 2.75) is 31.3 Å². The molecule has 6 nitrogen and oxygen atoms in total. The maximum Gasteiger partial charge on any atom is 0.191 e. The maximum absolute atomic E-state index is 13.4. The number of hydrogen-bond donors (Lipinski definition) is 2. The number of ether oxygens (including phenoxy) is 1. The Morgan fingerprint density at radius 3 is 2.59 bits per heavy atom. The van der Waals surface area contributed by atoms with Gasteiger partial charge in [-0.15, -0.1) is 0 Å². The van der Waals surface area contributed by atoms with Crippen molar-refractivity contribution < 1.29 is 9.13 Å². The van der Waals surface area contributed by atoms with Crippen LogP contribution in [-0.2, 0) is 4.74 Å². The molecule has 4 rings (SSSR count). The van der Waals surface area contributed by atoms with Gasteiger partial charge in [0.05, 0.1) is 19.3 Å². The molecule has 0 bridgehead atoms. The van der Waals surface area contributed by atoms with Crippen LogP contribution in [0.1, 0.15) is 30.9 Å². The van der Waals surface area contributed by atoms with Crippen molar-refractivity contribution in [1.29, 1.82) is 0 Å². The fourth-order valence-corrected chi connectivity index (χ4v) is 4.49. The Kier molecular flexibility index (Phi) is 7.00. The highest BCUT2D eigenvalue weighted by Crippen LogP contribution is 2.31. The van der Waals surface area contributed by atoms with E-state index in [2.05, 4.69) is 25.4 Å². The number of benzene rings is 1. The smallest absolute Gasteiger partial charge is 0.191 e. The average Bonchev–Trinajstić information content (AvgIpc) is 3.50. The zero-order valence-electron chi connectivity index (χ0n) is 17.4. The lowest BCUT2D eigenvalue weighted by Crippen LogP contribution is -2.47. The molecule has 3 fully saturated rings. The number of aliphatic imine (C=N–C) groups is 1. The molecule has 1 aromatic carbocycles. The van der Waals surface area contributed by atoms with E-state index in [1.807, 2.05) is 19.2 Å². The molecule has 3 aliphatic rings. The second-order valence-electron chi connectivity index (χ2n) is 8.43. The van der Waals surface area contributed by atoms with E-state index in [4.69, 9.17) is 4.74 Å². The van der Waals surface area contributed by atoms with Crippen LogP contribution in [0, 0.1) is 11.7 Å². The Morgan fingerprint density at radius 2 is 1.90 bits per heavy atom. The van der Waals surface area contributed by atoms with Gasteiger partial charge >= 0.3 is 0 Å². The van der Waals surface area contributed by atoms with Gasteiger partial charge in [-0.2, -0.15) is 0 Å². The second kappa shape index (κ2) is 9.87. The molecule has 2 aliphatic heterocycles. The second-order valence-corrected chi connectivity index (χ2v) is 8.43. The Hall–Kier alpha value is -1.70. The summed E-state index contributed by atoms with van der Waals surface area (Å²) >= 11 is 0. The molecule has 1 saturated carbocycles. The van der Waals surface area contributed by atoms with Crippen LogP contribution < -0.4 is 10.6 Å². The predicted molar refractivity (Wildman–Crippen MR) is 114 cm³/mol. The van der Waals surface area contributed by atoms with Gasteiger partial charge in [0.1, 0.15) is 5.82 Å². The summed E-state index contributed by atoms with van der Waals surface area (Å²) in [6.07, 6.45) is 4.04. The van der Waals surface area contributed by atoms with E-state index in [0.717, 1.165) is 57.0 Å². The van der Waals surface area contributed by atoms with Crippen LogP contribution in [0.15, 0.2) is 29.3 Å². The number of hydrogen-bond acceptors (Lipinski definition) is 4. The highest BCUT2D eigenvalue weighted by atomic mass is 19.1. The lowest BCUT2D eigenvalue weighted by Gasteiger charge is -2.35. The molecule has 2 heterocycles. The van der Waals surface area contributed by atoms with Crippen LogP contribution in [0.4, 0.5) is 4.39 Å². The standard InChI is InChI=1S/C22H34FN5O/c1-24-22(25-14-17-8-9-28(16-17)20-6-7-20)26-15-21(27-10-12-29-13-11-27)18-2-4-19(23)5-3-18/h2-5,17,20-21H,6-16H2,1H3,(H2,24,25,26). The first-order valence-corrected chi connectivity index (χ1v) is 11.0. The van der Waals surface area contributed by atoms with Gasteiger partial charge in [-0.1, -0.05) is 12.1 Å².